The highest BCUT2D eigenvalue weighted by molar-refractivity contribution is 4.86. The monoisotopic (exact) mass is 167 g/mol. The minimum atomic E-state index is 0.953. The van der Waals surface area contributed by atoms with E-state index in [0.29, 0.717) is 0 Å². The van der Waals surface area contributed by atoms with Crippen molar-refractivity contribution in [2.24, 2.45) is 17.8 Å². The van der Waals surface area contributed by atoms with Gasteiger partial charge in [0.2, 0.25) is 0 Å². The van der Waals surface area contributed by atoms with E-state index in [4.69, 9.17) is 0 Å². The fraction of sp³-hybridized carbons (Fsp3) is 1.00. The molecule has 0 unspecified atom stereocenters. The summed E-state index contributed by atoms with van der Waals surface area (Å²) in [7, 11) is 2.28. The average Bonchev–Trinajstić information content (AvgIpc) is 2.04. The van der Waals surface area contributed by atoms with E-state index in [-0.39, 0.29) is 0 Å². The molecule has 0 bridgehead atoms. The van der Waals surface area contributed by atoms with E-state index in [2.05, 4.69) is 18.9 Å². The summed E-state index contributed by atoms with van der Waals surface area (Å²) >= 11 is 0. The molecule has 1 saturated heterocycles. The molecule has 0 N–H and O–H groups in total. The molecule has 2 rings (SSSR count). The second-order valence-corrected chi connectivity index (χ2v) is 4.91. The maximum atomic E-state index is 2.52. The van der Waals surface area contributed by atoms with Gasteiger partial charge in [0.05, 0.1) is 0 Å². The van der Waals surface area contributed by atoms with Gasteiger partial charge in [0, 0.05) is 13.1 Å². The van der Waals surface area contributed by atoms with Gasteiger partial charge < -0.3 is 4.90 Å². The molecule has 0 aromatic rings. The highest BCUT2D eigenvalue weighted by atomic mass is 15.1. The summed E-state index contributed by atoms with van der Waals surface area (Å²) in [5, 5.41) is 0. The Bertz CT molecular complexity index is 155. The highest BCUT2D eigenvalue weighted by Crippen LogP contribution is 2.38. The molecule has 1 nitrogen and oxygen atoms in total. The largest absolute Gasteiger partial charge is 0.306 e. The molecule has 70 valence electrons. The summed E-state index contributed by atoms with van der Waals surface area (Å²) in [5.41, 5.74) is 0. The standard InChI is InChI=1S/C11H21N/c1-9-7-12(2)8-10-5-3-4-6-11(9)10/h9-11H,3-8H2,1-2H3/t9-,10+,11+/m0/s1. The molecule has 0 amide bonds. The Balaban J connectivity index is 2.01. The Kier molecular flexibility index (Phi) is 2.40. The topological polar surface area (TPSA) is 3.24 Å². The maximum absolute atomic E-state index is 2.52. The van der Waals surface area contributed by atoms with Gasteiger partial charge >= 0.3 is 0 Å². The van der Waals surface area contributed by atoms with Crippen molar-refractivity contribution in [2.45, 2.75) is 32.6 Å². The number of rotatable bonds is 0. The lowest BCUT2D eigenvalue weighted by Gasteiger charge is -2.44. The van der Waals surface area contributed by atoms with E-state index in [1.54, 1.807) is 0 Å². The van der Waals surface area contributed by atoms with Crippen molar-refractivity contribution in [3.05, 3.63) is 0 Å². The fourth-order valence-corrected chi connectivity index (χ4v) is 3.31. The maximum Gasteiger partial charge on any atom is 0.000948 e. The van der Waals surface area contributed by atoms with Crippen LogP contribution in [-0.2, 0) is 0 Å². The molecule has 0 radical (unpaired) electrons. The van der Waals surface area contributed by atoms with Crippen LogP contribution in [0.25, 0.3) is 0 Å². The summed E-state index contributed by atoms with van der Waals surface area (Å²) in [6, 6.07) is 0. The third-order valence-electron chi connectivity index (χ3n) is 3.84. The van der Waals surface area contributed by atoms with Crippen molar-refractivity contribution in [2.75, 3.05) is 20.1 Å². The third kappa shape index (κ3) is 1.52. The average molecular weight is 167 g/mol. The molecule has 0 spiro atoms. The van der Waals surface area contributed by atoms with Crippen LogP contribution < -0.4 is 0 Å². The van der Waals surface area contributed by atoms with Crippen molar-refractivity contribution in [3.63, 3.8) is 0 Å². The zero-order valence-corrected chi connectivity index (χ0v) is 8.42. The number of fused-ring (bicyclic) bond motifs is 1. The smallest absolute Gasteiger partial charge is 0.000948 e. The first kappa shape index (κ1) is 8.55. The van der Waals surface area contributed by atoms with Gasteiger partial charge in [-0.25, -0.2) is 0 Å². The van der Waals surface area contributed by atoms with E-state index in [0.717, 1.165) is 17.8 Å². The molecule has 1 heterocycles. The van der Waals surface area contributed by atoms with Crippen LogP contribution in [-0.4, -0.2) is 25.0 Å². The van der Waals surface area contributed by atoms with Crippen molar-refractivity contribution in [1.29, 1.82) is 0 Å². The third-order valence-corrected chi connectivity index (χ3v) is 3.84. The molecular formula is C11H21N. The van der Waals surface area contributed by atoms with Crippen molar-refractivity contribution in [1.82, 2.24) is 4.90 Å². The molecular weight excluding hydrogens is 146 g/mol. The number of piperidine rings is 1. The van der Waals surface area contributed by atoms with Crippen LogP contribution in [0.1, 0.15) is 32.6 Å². The first-order valence-corrected chi connectivity index (χ1v) is 5.46. The van der Waals surface area contributed by atoms with E-state index in [1.807, 2.05) is 0 Å². The van der Waals surface area contributed by atoms with Crippen molar-refractivity contribution >= 4 is 0 Å². The van der Waals surface area contributed by atoms with Crippen molar-refractivity contribution in [3.8, 4) is 0 Å². The molecule has 1 heteroatoms. The van der Waals surface area contributed by atoms with Gasteiger partial charge in [0.1, 0.15) is 0 Å². The lowest BCUT2D eigenvalue weighted by atomic mass is 9.70. The Morgan fingerprint density at radius 3 is 2.67 bits per heavy atom. The molecule has 1 saturated carbocycles. The summed E-state index contributed by atoms with van der Waals surface area (Å²) < 4.78 is 0. The Labute approximate surface area is 76.1 Å². The van der Waals surface area contributed by atoms with E-state index in [1.165, 1.54) is 38.8 Å². The van der Waals surface area contributed by atoms with E-state index in [9.17, 15) is 0 Å². The Morgan fingerprint density at radius 2 is 1.83 bits per heavy atom. The zero-order valence-electron chi connectivity index (χ0n) is 8.42. The SMILES string of the molecule is C[C@H]1CN(C)C[C@H]2CCCC[C@@H]21. The van der Waals surface area contributed by atoms with Crippen molar-refractivity contribution < 1.29 is 0 Å². The first-order chi connectivity index (χ1) is 5.77. The highest BCUT2D eigenvalue weighted by Gasteiger charge is 2.34. The second kappa shape index (κ2) is 3.37. The summed E-state index contributed by atoms with van der Waals surface area (Å²) in [5.74, 6) is 3.05. The summed E-state index contributed by atoms with van der Waals surface area (Å²) in [4.78, 5) is 2.52. The number of hydrogen-bond donors (Lipinski definition) is 0. The second-order valence-electron chi connectivity index (χ2n) is 4.91. The summed E-state index contributed by atoms with van der Waals surface area (Å²) in [6.45, 7) is 5.15. The van der Waals surface area contributed by atoms with Gasteiger partial charge in [-0.3, -0.25) is 0 Å². The Hall–Kier alpha value is -0.0400. The van der Waals surface area contributed by atoms with Crippen LogP contribution in [0, 0.1) is 17.8 Å². The molecule has 3 atom stereocenters. The van der Waals surface area contributed by atoms with Gasteiger partial charge in [0.15, 0.2) is 0 Å². The molecule has 1 aliphatic carbocycles. The number of likely N-dealkylation sites (tertiary alicyclic amines) is 1. The minimum absolute atomic E-state index is 0.953. The molecule has 2 fully saturated rings. The molecule has 2 aliphatic rings. The van der Waals surface area contributed by atoms with Crippen LogP contribution >= 0.6 is 0 Å². The number of nitrogens with zero attached hydrogens (tertiary/aromatic N) is 1. The summed E-state index contributed by atoms with van der Waals surface area (Å²) in [6.07, 6.45) is 6.00. The zero-order chi connectivity index (χ0) is 8.55. The molecule has 1 aliphatic heterocycles. The van der Waals surface area contributed by atoms with Gasteiger partial charge in [-0.1, -0.05) is 19.8 Å². The molecule has 12 heavy (non-hydrogen) atoms. The van der Waals surface area contributed by atoms with E-state index < -0.39 is 0 Å². The quantitative estimate of drug-likeness (QED) is 0.535. The molecule has 0 aromatic carbocycles. The van der Waals surface area contributed by atoms with Gasteiger partial charge in [-0.05, 0) is 37.6 Å². The van der Waals surface area contributed by atoms with Crippen LogP contribution in [0.15, 0.2) is 0 Å². The predicted octanol–water partition coefficient (Wildman–Crippen LogP) is 2.37. The van der Waals surface area contributed by atoms with Crippen LogP contribution in [0.3, 0.4) is 0 Å². The lowest BCUT2D eigenvalue weighted by molar-refractivity contribution is 0.0564. The van der Waals surface area contributed by atoms with Gasteiger partial charge in [0.25, 0.3) is 0 Å². The van der Waals surface area contributed by atoms with Gasteiger partial charge in [-0.15, -0.1) is 0 Å². The minimum Gasteiger partial charge on any atom is -0.306 e. The van der Waals surface area contributed by atoms with Gasteiger partial charge in [-0.2, -0.15) is 0 Å². The number of hydrogen-bond acceptors (Lipinski definition) is 1. The first-order valence-electron chi connectivity index (χ1n) is 5.46. The lowest BCUT2D eigenvalue weighted by Crippen LogP contribution is -2.44. The fourth-order valence-electron chi connectivity index (χ4n) is 3.31. The van der Waals surface area contributed by atoms with Crippen LogP contribution in [0.4, 0.5) is 0 Å². The van der Waals surface area contributed by atoms with Crippen LogP contribution in [0.2, 0.25) is 0 Å². The normalized spacial score (nSPS) is 44.0. The molecule has 0 aromatic heterocycles. The Morgan fingerprint density at radius 1 is 1.08 bits per heavy atom. The van der Waals surface area contributed by atoms with E-state index >= 15 is 0 Å². The predicted molar refractivity (Wildman–Crippen MR) is 52.1 cm³/mol. The van der Waals surface area contributed by atoms with Crippen LogP contribution in [0.5, 0.6) is 0 Å².